The van der Waals surface area contributed by atoms with Crippen molar-refractivity contribution in [1.29, 1.82) is 0 Å². The van der Waals surface area contributed by atoms with Crippen molar-refractivity contribution >= 4 is 46.7 Å². The quantitative estimate of drug-likeness (QED) is 0.400. The molecule has 186 valence electrons. The Kier molecular flexibility index (Phi) is 6.34. The summed E-state index contributed by atoms with van der Waals surface area (Å²) in [5, 5.41) is 0. The van der Waals surface area contributed by atoms with Crippen LogP contribution in [0.25, 0.3) is 0 Å². The zero-order valence-electron chi connectivity index (χ0n) is 20.2. The van der Waals surface area contributed by atoms with Crippen molar-refractivity contribution in [2.75, 3.05) is 0 Å². The fraction of sp³-hybridized carbons (Fsp3) is 0.692. The Morgan fingerprint density at radius 3 is 2.47 bits per heavy atom. The number of Topliss-reactive ketones (excluding diaryl/α,β-unsaturated/α-hetero) is 1. The molecule has 0 N–H and O–H groups in total. The van der Waals surface area contributed by atoms with Crippen LogP contribution in [-0.4, -0.2) is 40.0 Å². The average Bonchev–Trinajstić information content (AvgIpc) is 2.95. The molecule has 0 heterocycles. The summed E-state index contributed by atoms with van der Waals surface area (Å²) in [6.45, 7) is 9.23. The van der Waals surface area contributed by atoms with E-state index >= 15 is 0 Å². The summed E-state index contributed by atoms with van der Waals surface area (Å²) < 4.78 is 11.5. The highest BCUT2D eigenvalue weighted by molar-refractivity contribution is 6.53. The topological polar surface area (TPSA) is 86.7 Å². The van der Waals surface area contributed by atoms with Crippen LogP contribution >= 0.6 is 23.2 Å². The lowest BCUT2D eigenvalue weighted by Crippen LogP contribution is -2.63. The average molecular weight is 511 g/mol. The molecule has 0 aromatic heterocycles. The van der Waals surface area contributed by atoms with Gasteiger partial charge in [0.15, 0.2) is 5.78 Å². The van der Waals surface area contributed by atoms with Gasteiger partial charge in [-0.15, -0.1) is 0 Å². The molecule has 8 heteroatoms. The summed E-state index contributed by atoms with van der Waals surface area (Å²) in [7, 11) is 0. The molecule has 34 heavy (non-hydrogen) atoms. The summed E-state index contributed by atoms with van der Waals surface area (Å²) in [5.74, 6) is -2.40. The number of fused-ring (bicyclic) bond motifs is 5. The van der Waals surface area contributed by atoms with Crippen LogP contribution in [0.1, 0.15) is 60.3 Å². The zero-order valence-corrected chi connectivity index (χ0v) is 21.7. The predicted molar refractivity (Wildman–Crippen MR) is 127 cm³/mol. The minimum atomic E-state index is -1.67. The van der Waals surface area contributed by atoms with Gasteiger partial charge in [0, 0.05) is 29.1 Å². The lowest BCUT2D eigenvalue weighted by Gasteiger charge is -2.57. The molecule has 4 aliphatic rings. The summed E-state index contributed by atoms with van der Waals surface area (Å²) in [4.78, 5) is 50.7. The smallest absolute Gasteiger partial charge is 0.351 e. The molecule has 6 nitrogen and oxygen atoms in total. The van der Waals surface area contributed by atoms with Crippen LogP contribution < -0.4 is 0 Å². The molecule has 3 saturated carbocycles. The number of carbonyl (C=O) groups is 4. The number of halogens is 2. The number of hydrogen-bond acceptors (Lipinski definition) is 6. The SMILES string of the molecule is CC(C)OC(=O)[C@@]1(OC(=O)C(Cl)Cl)[C@@H](C)C[C@H]2[C@@H]3CCC4=CC(=O)C=C[C@]4(C)[C@H]3C(=O)C[C@@]21C. The third-order valence-corrected chi connectivity index (χ3v) is 9.24. The third kappa shape index (κ3) is 3.50. The number of esters is 2. The predicted octanol–water partition coefficient (Wildman–Crippen LogP) is 4.76. The largest absolute Gasteiger partial charge is 0.460 e. The van der Waals surface area contributed by atoms with Gasteiger partial charge in [0.2, 0.25) is 10.4 Å². The first kappa shape index (κ1) is 25.4. The Morgan fingerprint density at radius 1 is 1.18 bits per heavy atom. The van der Waals surface area contributed by atoms with Crippen LogP contribution in [0.2, 0.25) is 0 Å². The third-order valence-electron chi connectivity index (χ3n) is 8.88. The number of ether oxygens (including phenoxy) is 2. The monoisotopic (exact) mass is 510 g/mol. The van der Waals surface area contributed by atoms with Gasteiger partial charge in [-0.25, -0.2) is 9.59 Å². The second kappa shape index (κ2) is 8.48. The summed E-state index contributed by atoms with van der Waals surface area (Å²) in [6, 6.07) is 0. The molecule has 0 unspecified atom stereocenters. The first-order valence-electron chi connectivity index (χ1n) is 12.0. The van der Waals surface area contributed by atoms with Crippen LogP contribution in [0.4, 0.5) is 0 Å². The molecular weight excluding hydrogens is 479 g/mol. The first-order chi connectivity index (χ1) is 15.8. The minimum Gasteiger partial charge on any atom is -0.460 e. The Bertz CT molecular complexity index is 999. The molecular formula is C26H32Cl2O6. The van der Waals surface area contributed by atoms with E-state index in [1.807, 2.05) is 26.8 Å². The van der Waals surface area contributed by atoms with Gasteiger partial charge < -0.3 is 9.47 Å². The highest BCUT2D eigenvalue weighted by Crippen LogP contribution is 2.68. The van der Waals surface area contributed by atoms with Crippen molar-refractivity contribution < 1.29 is 28.7 Å². The maximum atomic E-state index is 13.9. The zero-order chi connectivity index (χ0) is 25.2. The normalized spacial score (nSPS) is 41.0. The van der Waals surface area contributed by atoms with E-state index in [-0.39, 0.29) is 35.7 Å². The number of carbonyl (C=O) groups excluding carboxylic acids is 4. The molecule has 4 rings (SSSR count). The molecule has 0 aromatic carbocycles. The summed E-state index contributed by atoms with van der Waals surface area (Å²) in [5.41, 5.74) is -2.18. The standard InChI is InChI=1S/C26H32Cl2O6/c1-13(2)33-23(32)26(34-22(31)21(27)28)14(3)10-18-17-7-6-15-11-16(29)8-9-24(15,4)20(17)19(30)12-25(18,26)5/h8-9,11,13-14,17-18,20-21H,6-7,10,12H2,1-5H3/t14-,17-,18-,20+,24-,25-,26-/m0/s1. The van der Waals surface area contributed by atoms with E-state index in [1.54, 1.807) is 26.0 Å². The van der Waals surface area contributed by atoms with Crippen LogP contribution in [0.3, 0.4) is 0 Å². The molecule has 0 saturated heterocycles. The number of ketones is 2. The molecule has 4 aliphatic carbocycles. The maximum Gasteiger partial charge on any atom is 0.351 e. The van der Waals surface area contributed by atoms with E-state index in [1.165, 1.54) is 0 Å². The van der Waals surface area contributed by atoms with Crippen LogP contribution in [0.15, 0.2) is 23.8 Å². The number of allylic oxidation sites excluding steroid dienone is 4. The lowest BCUT2D eigenvalue weighted by atomic mass is 9.47. The minimum absolute atomic E-state index is 0.0102. The van der Waals surface area contributed by atoms with Gasteiger partial charge in [-0.2, -0.15) is 0 Å². The Hall–Kier alpha value is -1.66. The Labute approximate surface area is 210 Å². The van der Waals surface area contributed by atoms with E-state index in [0.29, 0.717) is 12.8 Å². The van der Waals surface area contributed by atoms with Gasteiger partial charge >= 0.3 is 11.9 Å². The van der Waals surface area contributed by atoms with Crippen LogP contribution in [0.5, 0.6) is 0 Å². The van der Waals surface area contributed by atoms with E-state index in [4.69, 9.17) is 32.7 Å². The molecule has 0 bridgehead atoms. The van der Waals surface area contributed by atoms with E-state index in [9.17, 15) is 19.2 Å². The summed E-state index contributed by atoms with van der Waals surface area (Å²) >= 11 is 11.6. The van der Waals surface area contributed by atoms with Crippen LogP contribution in [0, 0.1) is 34.5 Å². The fourth-order valence-electron chi connectivity index (χ4n) is 7.55. The second-order valence-electron chi connectivity index (χ2n) is 11.1. The first-order valence-corrected chi connectivity index (χ1v) is 12.8. The molecule has 0 spiro atoms. The number of hydrogen-bond donors (Lipinski definition) is 0. The van der Waals surface area contributed by atoms with Crippen molar-refractivity contribution in [2.24, 2.45) is 34.5 Å². The van der Waals surface area contributed by atoms with E-state index < -0.39 is 45.2 Å². The van der Waals surface area contributed by atoms with Crippen molar-refractivity contribution in [1.82, 2.24) is 0 Å². The van der Waals surface area contributed by atoms with Crippen molar-refractivity contribution in [3.8, 4) is 0 Å². The van der Waals surface area contributed by atoms with Crippen LogP contribution in [-0.2, 0) is 28.7 Å². The van der Waals surface area contributed by atoms with E-state index in [2.05, 4.69) is 0 Å². The molecule has 3 fully saturated rings. The molecule has 0 aliphatic heterocycles. The molecule has 7 atom stereocenters. The van der Waals surface area contributed by atoms with Gasteiger partial charge in [-0.05, 0) is 57.1 Å². The lowest BCUT2D eigenvalue weighted by molar-refractivity contribution is -0.211. The number of alkyl halides is 2. The van der Waals surface area contributed by atoms with Gasteiger partial charge in [0.05, 0.1) is 6.10 Å². The van der Waals surface area contributed by atoms with E-state index in [0.717, 1.165) is 12.0 Å². The highest BCUT2D eigenvalue weighted by Gasteiger charge is 2.74. The Morgan fingerprint density at radius 2 is 1.85 bits per heavy atom. The molecule has 0 amide bonds. The van der Waals surface area contributed by atoms with Crippen molar-refractivity contribution in [3.05, 3.63) is 23.8 Å². The van der Waals surface area contributed by atoms with Crippen molar-refractivity contribution in [2.45, 2.75) is 76.8 Å². The van der Waals surface area contributed by atoms with Gasteiger partial charge in [-0.1, -0.05) is 55.6 Å². The second-order valence-corrected chi connectivity index (χ2v) is 12.2. The number of rotatable bonds is 4. The van der Waals surface area contributed by atoms with Gasteiger partial charge in [-0.3, -0.25) is 9.59 Å². The summed E-state index contributed by atoms with van der Waals surface area (Å²) in [6.07, 6.45) is 6.76. The van der Waals surface area contributed by atoms with Gasteiger partial charge in [0.25, 0.3) is 0 Å². The van der Waals surface area contributed by atoms with Crippen molar-refractivity contribution in [3.63, 3.8) is 0 Å². The Balaban J connectivity index is 1.81. The maximum absolute atomic E-state index is 13.9. The van der Waals surface area contributed by atoms with Gasteiger partial charge in [0.1, 0.15) is 5.78 Å². The molecule has 0 radical (unpaired) electrons. The fourth-order valence-corrected chi connectivity index (χ4v) is 7.64. The highest BCUT2D eigenvalue weighted by atomic mass is 35.5. The molecule has 0 aromatic rings.